The number of carbonyl (C=O) groups excluding carboxylic acids is 3. The molecule has 7 heteroatoms. The number of amides is 2. The van der Waals surface area contributed by atoms with Gasteiger partial charge >= 0.3 is 12.1 Å². The molecule has 0 aromatic heterocycles. The molecule has 1 rings (SSSR count). The number of likely N-dealkylation sites (tertiary alicyclic amines) is 1. The maximum Gasteiger partial charge on any atom is 0.417 e. The second kappa shape index (κ2) is 6.43. The molecule has 1 N–H and O–H groups in total. The van der Waals surface area contributed by atoms with Crippen molar-refractivity contribution < 1.29 is 29.0 Å². The number of rotatable bonds is 3. The fourth-order valence-corrected chi connectivity index (χ4v) is 2.25. The first-order chi connectivity index (χ1) is 9.62. The Morgan fingerprint density at radius 1 is 1.43 bits per heavy atom. The summed E-state index contributed by atoms with van der Waals surface area (Å²) in [6.45, 7) is 6.71. The van der Waals surface area contributed by atoms with Gasteiger partial charge in [-0.05, 0) is 33.6 Å². The van der Waals surface area contributed by atoms with Crippen LogP contribution in [0.3, 0.4) is 0 Å². The summed E-state index contributed by atoms with van der Waals surface area (Å²) in [5.41, 5.74) is -0.792. The number of ether oxygens (including phenoxy) is 2. The molecular weight excluding hydrogens is 278 g/mol. The van der Waals surface area contributed by atoms with Crippen LogP contribution in [0.15, 0.2) is 0 Å². The van der Waals surface area contributed by atoms with Gasteiger partial charge in [0.15, 0.2) is 0 Å². The smallest absolute Gasteiger partial charge is 0.417 e. The number of aliphatic hydroxyl groups excluding tert-OH is 1. The molecule has 21 heavy (non-hydrogen) atoms. The van der Waals surface area contributed by atoms with Crippen molar-refractivity contribution in [3.8, 4) is 0 Å². The van der Waals surface area contributed by atoms with Crippen molar-refractivity contribution in [3.05, 3.63) is 0 Å². The van der Waals surface area contributed by atoms with Crippen LogP contribution in [0.2, 0.25) is 0 Å². The van der Waals surface area contributed by atoms with Gasteiger partial charge in [-0.1, -0.05) is 6.92 Å². The maximum atomic E-state index is 12.3. The minimum atomic E-state index is -1.05. The molecule has 1 aliphatic heterocycles. The lowest BCUT2D eigenvalue weighted by molar-refractivity contribution is -0.149. The summed E-state index contributed by atoms with van der Waals surface area (Å²) in [6.07, 6.45) is -1.41. The zero-order valence-corrected chi connectivity index (χ0v) is 13.1. The molecule has 0 aliphatic carbocycles. The lowest BCUT2D eigenvalue weighted by atomic mass is 9.97. The van der Waals surface area contributed by atoms with Gasteiger partial charge in [0.2, 0.25) is 5.91 Å². The van der Waals surface area contributed by atoms with Crippen molar-refractivity contribution in [1.82, 2.24) is 4.90 Å². The monoisotopic (exact) mass is 301 g/mol. The van der Waals surface area contributed by atoms with E-state index in [1.807, 2.05) is 0 Å². The number of carbonyl (C=O) groups is 3. The average Bonchev–Trinajstić information content (AvgIpc) is 2.72. The van der Waals surface area contributed by atoms with Crippen molar-refractivity contribution in [3.63, 3.8) is 0 Å². The molecule has 1 aliphatic rings. The Bertz CT molecular complexity index is 428. The van der Waals surface area contributed by atoms with Crippen LogP contribution in [0.4, 0.5) is 4.79 Å². The third-order valence-electron chi connectivity index (χ3n) is 3.29. The Morgan fingerprint density at radius 2 is 2.00 bits per heavy atom. The van der Waals surface area contributed by atoms with Crippen LogP contribution in [0.25, 0.3) is 0 Å². The Balaban J connectivity index is 3.03. The summed E-state index contributed by atoms with van der Waals surface area (Å²) in [6, 6.07) is -1.05. The molecule has 3 atom stereocenters. The van der Waals surface area contributed by atoms with E-state index in [0.29, 0.717) is 6.42 Å². The van der Waals surface area contributed by atoms with E-state index in [1.54, 1.807) is 27.7 Å². The minimum absolute atomic E-state index is 0.0414. The van der Waals surface area contributed by atoms with E-state index in [1.165, 1.54) is 7.11 Å². The summed E-state index contributed by atoms with van der Waals surface area (Å²) >= 11 is 0. The Labute approximate surface area is 124 Å². The lowest BCUT2D eigenvalue weighted by Crippen LogP contribution is -2.46. The van der Waals surface area contributed by atoms with Crippen LogP contribution in [0.1, 0.15) is 40.5 Å². The molecule has 1 heterocycles. The van der Waals surface area contributed by atoms with E-state index in [9.17, 15) is 19.5 Å². The largest absolute Gasteiger partial charge is 0.467 e. The van der Waals surface area contributed by atoms with E-state index in [-0.39, 0.29) is 6.42 Å². The van der Waals surface area contributed by atoms with E-state index >= 15 is 0 Å². The topological polar surface area (TPSA) is 93.1 Å². The fraction of sp³-hybridized carbons (Fsp3) is 0.786. The van der Waals surface area contributed by atoms with Gasteiger partial charge in [0.05, 0.1) is 19.1 Å². The van der Waals surface area contributed by atoms with Crippen LogP contribution in [-0.2, 0) is 19.1 Å². The second-order valence-electron chi connectivity index (χ2n) is 6.05. The highest BCUT2D eigenvalue weighted by Crippen LogP contribution is 2.30. The van der Waals surface area contributed by atoms with Crippen LogP contribution < -0.4 is 0 Å². The highest BCUT2D eigenvalue weighted by molar-refractivity contribution is 6.01. The molecule has 0 bridgehead atoms. The van der Waals surface area contributed by atoms with Gasteiger partial charge in [-0.3, -0.25) is 4.79 Å². The molecule has 1 unspecified atom stereocenters. The van der Waals surface area contributed by atoms with Crippen molar-refractivity contribution in [2.75, 3.05) is 7.11 Å². The van der Waals surface area contributed by atoms with Gasteiger partial charge in [0.1, 0.15) is 11.6 Å². The fourth-order valence-electron chi connectivity index (χ4n) is 2.25. The van der Waals surface area contributed by atoms with Crippen LogP contribution in [0, 0.1) is 5.92 Å². The van der Waals surface area contributed by atoms with Crippen molar-refractivity contribution >= 4 is 18.0 Å². The Hall–Kier alpha value is -1.63. The van der Waals surface area contributed by atoms with Crippen LogP contribution in [0.5, 0.6) is 0 Å². The zero-order chi connectivity index (χ0) is 16.4. The summed E-state index contributed by atoms with van der Waals surface area (Å²) in [4.78, 5) is 37.0. The molecule has 0 saturated carbocycles. The first-order valence-corrected chi connectivity index (χ1v) is 6.94. The van der Waals surface area contributed by atoms with Crippen LogP contribution in [-0.4, -0.2) is 52.8 Å². The number of methoxy groups -OCH3 is 1. The predicted octanol–water partition coefficient (Wildman–Crippen LogP) is 1.08. The molecule has 7 nitrogen and oxygen atoms in total. The highest BCUT2D eigenvalue weighted by Gasteiger charge is 2.50. The summed E-state index contributed by atoms with van der Waals surface area (Å²) in [7, 11) is 1.18. The lowest BCUT2D eigenvalue weighted by Gasteiger charge is -2.26. The Morgan fingerprint density at radius 3 is 2.43 bits per heavy atom. The number of hydrogen-bond donors (Lipinski definition) is 1. The Kier molecular flexibility index (Phi) is 5.33. The van der Waals surface area contributed by atoms with E-state index in [0.717, 1.165) is 4.90 Å². The third-order valence-corrected chi connectivity index (χ3v) is 3.29. The van der Waals surface area contributed by atoms with Crippen molar-refractivity contribution in [1.29, 1.82) is 0 Å². The second-order valence-corrected chi connectivity index (χ2v) is 6.05. The molecule has 2 amide bonds. The summed E-state index contributed by atoms with van der Waals surface area (Å²) in [5.74, 6) is -2.10. The predicted molar refractivity (Wildman–Crippen MR) is 73.3 cm³/mol. The first-order valence-electron chi connectivity index (χ1n) is 6.94. The summed E-state index contributed by atoms with van der Waals surface area (Å²) < 4.78 is 9.79. The molecule has 0 aromatic rings. The molecular formula is C14H23NO6. The van der Waals surface area contributed by atoms with Crippen LogP contribution >= 0.6 is 0 Å². The molecule has 0 radical (unpaired) electrons. The number of esters is 1. The van der Waals surface area contributed by atoms with Gasteiger partial charge in [0.25, 0.3) is 0 Å². The quantitative estimate of drug-likeness (QED) is 0.784. The standard InChI is InChI=1S/C14H23NO6/c1-6-10(16)8-7-9(12(18)20-5)15(11(8)17)13(19)21-14(2,3)4/h8-10,16H,6-7H2,1-5H3/t8?,9-,10-/m0/s1. The summed E-state index contributed by atoms with van der Waals surface area (Å²) in [5, 5.41) is 9.88. The molecule has 1 fully saturated rings. The number of imide groups is 1. The maximum absolute atomic E-state index is 12.3. The molecule has 0 spiro atoms. The van der Waals surface area contributed by atoms with Gasteiger partial charge < -0.3 is 14.6 Å². The van der Waals surface area contributed by atoms with Gasteiger partial charge in [-0.15, -0.1) is 0 Å². The molecule has 120 valence electrons. The number of nitrogens with zero attached hydrogens (tertiary/aromatic N) is 1. The number of aliphatic hydroxyl groups is 1. The van der Waals surface area contributed by atoms with Gasteiger partial charge in [0, 0.05) is 0 Å². The molecule has 1 saturated heterocycles. The average molecular weight is 301 g/mol. The van der Waals surface area contributed by atoms with E-state index in [2.05, 4.69) is 4.74 Å². The van der Waals surface area contributed by atoms with E-state index < -0.39 is 41.6 Å². The van der Waals surface area contributed by atoms with Gasteiger partial charge in [-0.25, -0.2) is 14.5 Å². The minimum Gasteiger partial charge on any atom is -0.467 e. The first kappa shape index (κ1) is 17.4. The van der Waals surface area contributed by atoms with Crippen molar-refractivity contribution in [2.24, 2.45) is 5.92 Å². The zero-order valence-electron chi connectivity index (χ0n) is 13.1. The number of hydrogen-bond acceptors (Lipinski definition) is 6. The molecule has 0 aromatic carbocycles. The SMILES string of the molecule is CC[C@H](O)C1C[C@@H](C(=O)OC)N(C(=O)OC(C)(C)C)C1=O. The normalized spacial score (nSPS) is 23.9. The highest BCUT2D eigenvalue weighted by atomic mass is 16.6. The third kappa shape index (κ3) is 3.93. The van der Waals surface area contributed by atoms with Gasteiger partial charge in [-0.2, -0.15) is 0 Å². The van der Waals surface area contributed by atoms with Crippen molar-refractivity contribution in [2.45, 2.75) is 58.3 Å². The van der Waals surface area contributed by atoms with E-state index in [4.69, 9.17) is 4.74 Å².